The van der Waals surface area contributed by atoms with Crippen molar-refractivity contribution < 1.29 is 4.79 Å². The summed E-state index contributed by atoms with van der Waals surface area (Å²) in [6, 6.07) is 0. The summed E-state index contributed by atoms with van der Waals surface area (Å²) in [7, 11) is 1.92. The van der Waals surface area contributed by atoms with Crippen LogP contribution < -0.4 is 0 Å². The van der Waals surface area contributed by atoms with Crippen LogP contribution in [0.15, 0.2) is 4.47 Å². The molecule has 1 aromatic rings. The first-order valence-corrected chi connectivity index (χ1v) is 5.97. The van der Waals surface area contributed by atoms with Gasteiger partial charge in [0.1, 0.15) is 5.78 Å². The lowest BCUT2D eigenvalue weighted by Gasteiger charge is -2.08. The number of carbonyl (C=O) groups is 1. The Morgan fingerprint density at radius 1 is 1.60 bits per heavy atom. The highest BCUT2D eigenvalue weighted by Crippen LogP contribution is 2.24. The van der Waals surface area contributed by atoms with Gasteiger partial charge in [-0.15, -0.1) is 0 Å². The summed E-state index contributed by atoms with van der Waals surface area (Å²) in [5.41, 5.74) is 2.16. The molecular weight excluding hydrogens is 256 g/mol. The number of ketones is 1. The van der Waals surface area contributed by atoms with Crippen molar-refractivity contribution in [2.45, 2.75) is 33.6 Å². The summed E-state index contributed by atoms with van der Waals surface area (Å²) in [6.07, 6.45) is 1.66. The highest BCUT2D eigenvalue weighted by atomic mass is 79.9. The van der Waals surface area contributed by atoms with Crippen molar-refractivity contribution in [1.82, 2.24) is 9.78 Å². The lowest BCUT2D eigenvalue weighted by atomic mass is 10.0. The molecule has 0 saturated heterocycles. The molecular formula is C11H17BrN2O. The monoisotopic (exact) mass is 272 g/mol. The second kappa shape index (κ2) is 4.92. The minimum atomic E-state index is 0.0569. The van der Waals surface area contributed by atoms with Crippen LogP contribution in [-0.4, -0.2) is 15.6 Å². The molecule has 0 spiro atoms. The number of rotatable bonds is 4. The van der Waals surface area contributed by atoms with Crippen molar-refractivity contribution in [2.75, 3.05) is 0 Å². The molecule has 1 unspecified atom stereocenters. The Bertz CT molecular complexity index is 371. The molecule has 0 bridgehead atoms. The van der Waals surface area contributed by atoms with E-state index in [-0.39, 0.29) is 11.7 Å². The van der Waals surface area contributed by atoms with Gasteiger partial charge in [0.25, 0.3) is 0 Å². The average Bonchev–Trinajstić information content (AvgIpc) is 2.44. The Morgan fingerprint density at radius 3 is 2.60 bits per heavy atom. The fraction of sp³-hybridized carbons (Fsp3) is 0.636. The van der Waals surface area contributed by atoms with Gasteiger partial charge in [0.2, 0.25) is 0 Å². The predicted octanol–water partition coefficient (Wildman–Crippen LogP) is 2.51. The number of aryl methyl sites for hydroxylation is 2. The topological polar surface area (TPSA) is 34.9 Å². The van der Waals surface area contributed by atoms with E-state index in [0.29, 0.717) is 0 Å². The molecule has 1 atom stereocenters. The summed E-state index contributed by atoms with van der Waals surface area (Å²) < 4.78 is 2.92. The van der Waals surface area contributed by atoms with Gasteiger partial charge < -0.3 is 0 Å². The largest absolute Gasteiger partial charge is 0.300 e. The molecule has 0 saturated carbocycles. The number of aromatic nitrogens is 2. The van der Waals surface area contributed by atoms with Gasteiger partial charge in [-0.2, -0.15) is 5.10 Å². The molecule has 0 aliphatic heterocycles. The van der Waals surface area contributed by atoms with Crippen molar-refractivity contribution in [3.05, 3.63) is 15.9 Å². The SMILES string of the molecule is CCc1nn(C)c(CC(C)C(C)=O)c1Br. The highest BCUT2D eigenvalue weighted by Gasteiger charge is 2.17. The first kappa shape index (κ1) is 12.4. The van der Waals surface area contributed by atoms with Crippen LogP contribution in [0.2, 0.25) is 0 Å². The Kier molecular flexibility index (Phi) is 4.08. The third-order valence-corrected chi connectivity index (χ3v) is 3.61. The number of halogens is 1. The Labute approximate surface area is 99.0 Å². The van der Waals surface area contributed by atoms with E-state index in [4.69, 9.17) is 0 Å². The molecule has 3 nitrogen and oxygen atoms in total. The van der Waals surface area contributed by atoms with E-state index in [9.17, 15) is 4.79 Å². The van der Waals surface area contributed by atoms with Crippen LogP contribution in [0.1, 0.15) is 32.2 Å². The first-order chi connectivity index (χ1) is 6.97. The fourth-order valence-corrected chi connectivity index (χ4v) is 2.25. The number of nitrogens with zero attached hydrogens (tertiary/aromatic N) is 2. The van der Waals surface area contributed by atoms with E-state index >= 15 is 0 Å². The van der Waals surface area contributed by atoms with E-state index < -0.39 is 0 Å². The van der Waals surface area contributed by atoms with E-state index in [2.05, 4.69) is 28.0 Å². The van der Waals surface area contributed by atoms with Crippen molar-refractivity contribution in [3.8, 4) is 0 Å². The lowest BCUT2D eigenvalue weighted by molar-refractivity contribution is -0.120. The van der Waals surface area contributed by atoms with Crippen molar-refractivity contribution in [3.63, 3.8) is 0 Å². The predicted molar refractivity (Wildman–Crippen MR) is 63.8 cm³/mol. The molecule has 0 aliphatic carbocycles. The van der Waals surface area contributed by atoms with Gasteiger partial charge in [0, 0.05) is 13.0 Å². The van der Waals surface area contributed by atoms with Crippen molar-refractivity contribution in [2.24, 2.45) is 13.0 Å². The zero-order valence-electron chi connectivity index (χ0n) is 9.67. The van der Waals surface area contributed by atoms with Crippen LogP contribution in [0, 0.1) is 5.92 Å². The zero-order valence-corrected chi connectivity index (χ0v) is 11.3. The normalized spacial score (nSPS) is 12.9. The Morgan fingerprint density at radius 2 is 2.20 bits per heavy atom. The molecule has 84 valence electrons. The standard InChI is InChI=1S/C11H17BrN2O/c1-5-9-11(12)10(14(4)13-9)6-7(2)8(3)15/h7H,5-6H2,1-4H3. The molecule has 0 fully saturated rings. The molecule has 0 aliphatic rings. The minimum Gasteiger partial charge on any atom is -0.300 e. The third kappa shape index (κ3) is 2.68. The van der Waals surface area contributed by atoms with Crippen LogP contribution in [0.25, 0.3) is 0 Å². The summed E-state index contributed by atoms with van der Waals surface area (Å²) in [6.45, 7) is 5.66. The molecule has 1 heterocycles. The maximum atomic E-state index is 11.2. The van der Waals surface area contributed by atoms with Crippen LogP contribution >= 0.6 is 15.9 Å². The summed E-state index contributed by atoms with van der Waals surface area (Å²) in [4.78, 5) is 11.2. The van der Waals surface area contributed by atoms with Crippen LogP contribution in [-0.2, 0) is 24.7 Å². The average molecular weight is 273 g/mol. The van der Waals surface area contributed by atoms with Gasteiger partial charge in [-0.3, -0.25) is 9.48 Å². The maximum Gasteiger partial charge on any atom is 0.133 e. The second-order valence-corrected chi connectivity index (χ2v) is 4.69. The van der Waals surface area contributed by atoms with Crippen LogP contribution in [0.3, 0.4) is 0 Å². The summed E-state index contributed by atoms with van der Waals surface area (Å²) in [5, 5.41) is 4.40. The number of hydrogen-bond acceptors (Lipinski definition) is 2. The summed E-state index contributed by atoms with van der Waals surface area (Å²) in [5.74, 6) is 0.280. The van der Waals surface area contributed by atoms with E-state index in [0.717, 1.165) is 28.7 Å². The minimum absolute atomic E-state index is 0.0569. The first-order valence-electron chi connectivity index (χ1n) is 5.18. The molecule has 1 rings (SSSR count). The van der Waals surface area contributed by atoms with Gasteiger partial charge in [-0.05, 0) is 35.7 Å². The molecule has 4 heteroatoms. The fourth-order valence-electron chi connectivity index (χ4n) is 1.48. The van der Waals surface area contributed by atoms with Gasteiger partial charge in [-0.25, -0.2) is 0 Å². The van der Waals surface area contributed by atoms with Crippen LogP contribution in [0.4, 0.5) is 0 Å². The van der Waals surface area contributed by atoms with Gasteiger partial charge in [-0.1, -0.05) is 13.8 Å². The smallest absolute Gasteiger partial charge is 0.133 e. The molecule has 15 heavy (non-hydrogen) atoms. The number of carbonyl (C=O) groups excluding carboxylic acids is 1. The molecule has 1 aromatic heterocycles. The van der Waals surface area contributed by atoms with E-state index in [1.807, 2.05) is 18.7 Å². The van der Waals surface area contributed by atoms with Gasteiger partial charge in [0.15, 0.2) is 0 Å². The van der Waals surface area contributed by atoms with Gasteiger partial charge >= 0.3 is 0 Å². The third-order valence-electron chi connectivity index (χ3n) is 2.70. The van der Waals surface area contributed by atoms with Crippen molar-refractivity contribution >= 4 is 21.7 Å². The Hall–Kier alpha value is -0.640. The molecule has 0 amide bonds. The number of Topliss-reactive ketones (excluding diaryl/α,β-unsaturated/α-hetero) is 1. The quantitative estimate of drug-likeness (QED) is 0.844. The molecule has 0 aromatic carbocycles. The van der Waals surface area contributed by atoms with E-state index in [1.165, 1.54) is 0 Å². The van der Waals surface area contributed by atoms with Crippen molar-refractivity contribution in [1.29, 1.82) is 0 Å². The Balaban J connectivity index is 2.94. The van der Waals surface area contributed by atoms with Gasteiger partial charge in [0.05, 0.1) is 15.9 Å². The lowest BCUT2D eigenvalue weighted by Crippen LogP contribution is -2.12. The molecule has 0 N–H and O–H groups in total. The zero-order chi connectivity index (χ0) is 11.6. The highest BCUT2D eigenvalue weighted by molar-refractivity contribution is 9.10. The van der Waals surface area contributed by atoms with Crippen LogP contribution in [0.5, 0.6) is 0 Å². The van der Waals surface area contributed by atoms with E-state index in [1.54, 1.807) is 6.92 Å². The second-order valence-electron chi connectivity index (χ2n) is 3.90. The maximum absolute atomic E-state index is 11.2. The molecule has 0 radical (unpaired) electrons. The number of hydrogen-bond donors (Lipinski definition) is 0. The summed E-state index contributed by atoms with van der Waals surface area (Å²) >= 11 is 3.55.